The van der Waals surface area contributed by atoms with Crippen LogP contribution in [0.1, 0.15) is 132 Å². The Hall–Kier alpha value is -2.04. The van der Waals surface area contributed by atoms with Crippen LogP contribution in [-0.2, 0) is 16.6 Å². The zero-order chi connectivity index (χ0) is 29.1. The van der Waals surface area contributed by atoms with Crippen molar-refractivity contribution < 1.29 is 14.3 Å². The maximum absolute atomic E-state index is 12.9. The third kappa shape index (κ3) is 8.51. The summed E-state index contributed by atoms with van der Waals surface area (Å²) in [7, 11) is 3.86. The van der Waals surface area contributed by atoms with Gasteiger partial charge in [-0.2, -0.15) is 0 Å². The summed E-state index contributed by atoms with van der Waals surface area (Å²) in [4.78, 5) is 15.3. The van der Waals surface area contributed by atoms with Crippen molar-refractivity contribution >= 4 is 17.6 Å². The molecule has 0 spiro atoms. The maximum atomic E-state index is 12.9. The predicted octanol–water partition coefficient (Wildman–Crippen LogP) is 10.00. The third-order valence-corrected chi connectivity index (χ3v) is 9.65. The van der Waals surface area contributed by atoms with Crippen LogP contribution in [0.4, 0.5) is 0 Å². The number of carbonyl (C=O) groups excluding carboxylic acids is 1. The van der Waals surface area contributed by atoms with E-state index in [1.165, 1.54) is 87.3 Å². The lowest BCUT2D eigenvalue weighted by atomic mass is 9.78. The van der Waals surface area contributed by atoms with Crippen LogP contribution in [-0.4, -0.2) is 31.6 Å². The molecule has 4 nitrogen and oxygen atoms in total. The van der Waals surface area contributed by atoms with Crippen LogP contribution < -0.4 is 9.47 Å². The van der Waals surface area contributed by atoms with Gasteiger partial charge >= 0.3 is 5.97 Å². The normalized spacial score (nSPS) is 17.7. The van der Waals surface area contributed by atoms with Gasteiger partial charge in [-0.3, -0.25) is 9.69 Å². The minimum atomic E-state index is -0.167. The monoisotopic (exact) mass is 581 g/mol. The van der Waals surface area contributed by atoms with E-state index in [0.29, 0.717) is 17.9 Å². The number of unbranched alkanes of at least 4 members (excludes halogenated alkanes) is 12. The fraction of sp³-hybridized carbons (Fsp3) is 0.639. The van der Waals surface area contributed by atoms with Crippen molar-refractivity contribution in [3.8, 4) is 11.5 Å². The van der Waals surface area contributed by atoms with E-state index in [-0.39, 0.29) is 17.4 Å². The minimum absolute atomic E-state index is 0.00718. The standard InChI is InChI=1S/C36H52ClNO3/c1-4-5-6-7-8-9-10-11-12-13-14-15-16-21-34(39)41-33-27-29-28(26-32(33)40-3)22-25-38(2)35(29)36(23-24-36)30-19-17-18-20-31(30)37/h17-20,26-27,35H,4-16,21-25H2,1-3H3. The van der Waals surface area contributed by atoms with Crippen molar-refractivity contribution in [3.05, 3.63) is 58.1 Å². The van der Waals surface area contributed by atoms with Gasteiger partial charge in [0.05, 0.1) is 7.11 Å². The summed E-state index contributed by atoms with van der Waals surface area (Å²) in [6, 6.07) is 12.6. The molecule has 0 saturated heterocycles. The summed E-state index contributed by atoms with van der Waals surface area (Å²) in [5.41, 5.74) is 3.73. The summed E-state index contributed by atoms with van der Waals surface area (Å²) < 4.78 is 11.6. The van der Waals surface area contributed by atoms with E-state index in [9.17, 15) is 4.79 Å². The van der Waals surface area contributed by atoms with Crippen LogP contribution in [0.15, 0.2) is 36.4 Å². The number of rotatable bonds is 18. The molecule has 5 heteroatoms. The lowest BCUT2D eigenvalue weighted by Gasteiger charge is -2.41. The number of hydrogen-bond donors (Lipinski definition) is 0. The number of halogens is 1. The van der Waals surface area contributed by atoms with Gasteiger partial charge in [-0.15, -0.1) is 0 Å². The van der Waals surface area contributed by atoms with Gasteiger partial charge in [-0.05, 0) is 67.6 Å². The first-order valence-electron chi connectivity index (χ1n) is 16.4. The van der Waals surface area contributed by atoms with Crippen molar-refractivity contribution in [2.24, 2.45) is 0 Å². The Balaban J connectivity index is 1.27. The molecule has 41 heavy (non-hydrogen) atoms. The Morgan fingerprint density at radius 3 is 2.10 bits per heavy atom. The summed E-state index contributed by atoms with van der Waals surface area (Å²) >= 11 is 6.71. The van der Waals surface area contributed by atoms with E-state index >= 15 is 0 Å². The van der Waals surface area contributed by atoms with Gasteiger partial charge in [0.15, 0.2) is 11.5 Å². The molecule has 0 bridgehead atoms. The number of methoxy groups -OCH3 is 1. The van der Waals surface area contributed by atoms with E-state index < -0.39 is 0 Å². The molecule has 2 aliphatic rings. The molecule has 1 aliphatic heterocycles. The van der Waals surface area contributed by atoms with Gasteiger partial charge in [0.1, 0.15) is 0 Å². The molecule has 4 rings (SSSR count). The lowest BCUT2D eigenvalue weighted by molar-refractivity contribution is -0.134. The van der Waals surface area contributed by atoms with Crippen LogP contribution in [0, 0.1) is 0 Å². The Morgan fingerprint density at radius 2 is 1.51 bits per heavy atom. The fourth-order valence-electron chi connectivity index (χ4n) is 6.86. The van der Waals surface area contributed by atoms with Crippen LogP contribution in [0.25, 0.3) is 0 Å². The van der Waals surface area contributed by atoms with Gasteiger partial charge in [-0.1, -0.05) is 114 Å². The van der Waals surface area contributed by atoms with Crippen LogP contribution in [0.3, 0.4) is 0 Å². The number of fused-ring (bicyclic) bond motifs is 1. The third-order valence-electron chi connectivity index (χ3n) is 9.33. The van der Waals surface area contributed by atoms with Crippen molar-refractivity contribution in [1.29, 1.82) is 0 Å². The second-order valence-electron chi connectivity index (χ2n) is 12.4. The number of carbonyl (C=O) groups is 1. The second-order valence-corrected chi connectivity index (χ2v) is 12.8. The highest BCUT2D eigenvalue weighted by atomic mass is 35.5. The Kier molecular flexibility index (Phi) is 12.4. The highest BCUT2D eigenvalue weighted by Crippen LogP contribution is 2.61. The molecule has 1 aliphatic carbocycles. The molecule has 2 aromatic rings. The largest absolute Gasteiger partial charge is 0.493 e. The maximum Gasteiger partial charge on any atom is 0.311 e. The van der Waals surface area contributed by atoms with Gasteiger partial charge in [0, 0.05) is 29.4 Å². The Morgan fingerprint density at radius 1 is 0.902 bits per heavy atom. The minimum Gasteiger partial charge on any atom is -0.493 e. The van der Waals surface area contributed by atoms with E-state index in [1.54, 1.807) is 7.11 Å². The summed E-state index contributed by atoms with van der Waals surface area (Å²) in [6.45, 7) is 3.25. The molecule has 1 atom stereocenters. The molecule has 1 heterocycles. The fourth-order valence-corrected chi connectivity index (χ4v) is 7.19. The van der Waals surface area contributed by atoms with Crippen molar-refractivity contribution in [3.63, 3.8) is 0 Å². The first-order chi connectivity index (χ1) is 20.0. The van der Waals surface area contributed by atoms with Crippen molar-refractivity contribution in [1.82, 2.24) is 4.90 Å². The number of ether oxygens (including phenoxy) is 2. The van der Waals surface area contributed by atoms with Gasteiger partial charge in [-0.25, -0.2) is 0 Å². The Bertz CT molecular complexity index is 1110. The van der Waals surface area contributed by atoms with Gasteiger partial charge in [0.25, 0.3) is 0 Å². The molecule has 0 aromatic heterocycles. The van der Waals surface area contributed by atoms with Crippen molar-refractivity contribution in [2.45, 2.75) is 128 Å². The van der Waals surface area contributed by atoms with E-state index in [1.807, 2.05) is 12.1 Å². The molecule has 1 fully saturated rings. The molecule has 0 N–H and O–H groups in total. The average Bonchev–Trinajstić information content (AvgIpc) is 3.76. The lowest BCUT2D eigenvalue weighted by Crippen LogP contribution is -2.39. The number of benzene rings is 2. The number of nitrogens with zero attached hydrogens (tertiary/aromatic N) is 1. The topological polar surface area (TPSA) is 38.8 Å². The first kappa shape index (κ1) is 31.9. The number of hydrogen-bond acceptors (Lipinski definition) is 4. The molecule has 0 radical (unpaired) electrons. The van der Waals surface area contributed by atoms with Crippen LogP contribution in [0.2, 0.25) is 5.02 Å². The summed E-state index contributed by atoms with van der Waals surface area (Å²) in [5, 5.41) is 0.837. The van der Waals surface area contributed by atoms with Gasteiger partial charge < -0.3 is 9.47 Å². The molecule has 0 amide bonds. The smallest absolute Gasteiger partial charge is 0.311 e. The van der Waals surface area contributed by atoms with Crippen LogP contribution >= 0.6 is 11.6 Å². The highest BCUT2D eigenvalue weighted by molar-refractivity contribution is 6.31. The Labute approximate surface area is 254 Å². The number of likely N-dealkylation sites (N-methyl/N-ethyl adjacent to an activating group) is 1. The zero-order valence-electron chi connectivity index (χ0n) is 25.8. The molecule has 1 unspecified atom stereocenters. The quantitative estimate of drug-likeness (QED) is 0.0997. The second kappa shape index (κ2) is 16.0. The zero-order valence-corrected chi connectivity index (χ0v) is 26.6. The first-order valence-corrected chi connectivity index (χ1v) is 16.7. The summed E-state index contributed by atoms with van der Waals surface area (Å²) in [5.74, 6) is 1.02. The number of esters is 1. The molecule has 1 saturated carbocycles. The van der Waals surface area contributed by atoms with E-state index in [2.05, 4.69) is 43.1 Å². The van der Waals surface area contributed by atoms with E-state index in [0.717, 1.165) is 43.7 Å². The molecule has 2 aromatic carbocycles. The van der Waals surface area contributed by atoms with Crippen molar-refractivity contribution in [2.75, 3.05) is 20.7 Å². The molecular formula is C36H52ClNO3. The predicted molar refractivity (Wildman–Crippen MR) is 170 cm³/mol. The van der Waals surface area contributed by atoms with Gasteiger partial charge in [0.2, 0.25) is 0 Å². The molecular weight excluding hydrogens is 530 g/mol. The highest BCUT2D eigenvalue weighted by Gasteiger charge is 2.54. The van der Waals surface area contributed by atoms with Crippen LogP contribution in [0.5, 0.6) is 11.5 Å². The molecule has 226 valence electrons. The summed E-state index contributed by atoms with van der Waals surface area (Å²) in [6.07, 6.45) is 20.4. The van der Waals surface area contributed by atoms with E-state index in [4.69, 9.17) is 21.1 Å². The SMILES string of the molecule is CCCCCCCCCCCCCCCC(=O)Oc1cc2c(cc1OC)CCN(C)C2C1(c2ccccc2Cl)CC1. The average molecular weight is 582 g/mol.